The minimum absolute atomic E-state index is 0.0374. The van der Waals surface area contributed by atoms with Gasteiger partial charge in [-0.2, -0.15) is 13.2 Å². The Labute approximate surface area is 120 Å². The first-order valence-corrected chi connectivity index (χ1v) is 6.06. The number of hydrogen-bond acceptors (Lipinski definition) is 3. The standard InChI is InChI=1S/C14H8F4N2O2/c15-8-2-1-6(5-7(8)14(16,17)18)20-13(21)11-9-3-4-10(22-9)12(11)19/h1-5H,19H2,(H,20,21). The first-order chi connectivity index (χ1) is 10.3. The summed E-state index contributed by atoms with van der Waals surface area (Å²) in [5, 5.41) is 2.25. The summed E-state index contributed by atoms with van der Waals surface area (Å²) in [7, 11) is 0. The molecule has 3 rings (SSSR count). The highest BCUT2D eigenvalue weighted by molar-refractivity contribution is 6.15. The fourth-order valence-corrected chi connectivity index (χ4v) is 2.12. The topological polar surface area (TPSA) is 68.3 Å². The Bertz CT molecular complexity index is 854. The van der Waals surface area contributed by atoms with Gasteiger partial charge in [0.1, 0.15) is 17.0 Å². The Morgan fingerprint density at radius 3 is 2.41 bits per heavy atom. The average Bonchev–Trinajstić information content (AvgIpc) is 3.00. The van der Waals surface area contributed by atoms with Crippen molar-refractivity contribution in [3.05, 3.63) is 47.3 Å². The molecule has 3 N–H and O–H groups in total. The first-order valence-electron chi connectivity index (χ1n) is 6.06. The fourth-order valence-electron chi connectivity index (χ4n) is 2.12. The summed E-state index contributed by atoms with van der Waals surface area (Å²) in [4.78, 5) is 12.1. The smallest absolute Gasteiger partial charge is 0.419 e. The molecule has 22 heavy (non-hydrogen) atoms. The largest absolute Gasteiger partial charge is 0.454 e. The van der Waals surface area contributed by atoms with Crippen LogP contribution in [0.25, 0.3) is 11.2 Å². The molecule has 0 radical (unpaired) electrons. The predicted octanol–water partition coefficient (Wildman–Crippen LogP) is 3.86. The van der Waals surface area contributed by atoms with E-state index in [1.54, 1.807) is 6.07 Å². The average molecular weight is 312 g/mol. The summed E-state index contributed by atoms with van der Waals surface area (Å²) in [5.74, 6) is -2.15. The molecule has 0 aliphatic rings. The summed E-state index contributed by atoms with van der Waals surface area (Å²) in [6.45, 7) is 0. The molecule has 114 valence electrons. The molecule has 0 saturated carbocycles. The van der Waals surface area contributed by atoms with E-state index in [0.717, 1.165) is 6.07 Å². The number of furan rings is 2. The van der Waals surface area contributed by atoms with Crippen LogP contribution in [0, 0.1) is 5.82 Å². The zero-order chi connectivity index (χ0) is 16.1. The number of alkyl halides is 3. The molecule has 0 aliphatic heterocycles. The van der Waals surface area contributed by atoms with Gasteiger partial charge >= 0.3 is 6.18 Å². The molecule has 2 heterocycles. The van der Waals surface area contributed by atoms with E-state index in [4.69, 9.17) is 10.2 Å². The molecule has 1 aromatic carbocycles. The molecule has 1 amide bonds. The summed E-state index contributed by atoms with van der Waals surface area (Å²) in [6.07, 6.45) is -4.86. The van der Waals surface area contributed by atoms with Crippen molar-refractivity contribution < 1.29 is 26.8 Å². The molecule has 0 saturated heterocycles. The van der Waals surface area contributed by atoms with Gasteiger partial charge in [0.05, 0.1) is 11.3 Å². The number of amides is 1. The Morgan fingerprint density at radius 2 is 1.82 bits per heavy atom. The van der Waals surface area contributed by atoms with Crippen molar-refractivity contribution in [2.75, 3.05) is 11.1 Å². The SMILES string of the molecule is Nc1c(C(=O)Nc2ccc(F)c(C(F)(F)F)c2)c2ccc1o2. The number of rotatable bonds is 2. The van der Waals surface area contributed by atoms with Gasteiger partial charge < -0.3 is 15.5 Å². The van der Waals surface area contributed by atoms with Gasteiger partial charge in [-0.25, -0.2) is 4.39 Å². The minimum atomic E-state index is -4.86. The second-order valence-electron chi connectivity index (χ2n) is 4.60. The Morgan fingerprint density at radius 1 is 1.14 bits per heavy atom. The third-order valence-electron chi connectivity index (χ3n) is 3.14. The van der Waals surface area contributed by atoms with Crippen LogP contribution in [0.2, 0.25) is 0 Å². The number of nitrogens with two attached hydrogens (primary N) is 1. The first kappa shape index (κ1) is 14.2. The number of anilines is 2. The molecule has 0 fully saturated rings. The summed E-state index contributed by atoms with van der Waals surface area (Å²) >= 11 is 0. The van der Waals surface area contributed by atoms with E-state index in [1.165, 1.54) is 6.07 Å². The number of nitrogens with one attached hydrogen (secondary N) is 1. The molecule has 0 unspecified atom stereocenters. The molecule has 2 aromatic heterocycles. The Kier molecular flexibility index (Phi) is 2.98. The Hall–Kier alpha value is -2.77. The molecule has 2 bridgehead atoms. The third-order valence-corrected chi connectivity index (χ3v) is 3.14. The molecule has 8 heteroatoms. The second-order valence-corrected chi connectivity index (χ2v) is 4.60. The summed E-state index contributed by atoms with van der Waals surface area (Å²) < 4.78 is 56.3. The van der Waals surface area contributed by atoms with Crippen LogP contribution in [0.3, 0.4) is 0 Å². The number of nitrogen functional groups attached to an aromatic ring is 1. The molecule has 0 aliphatic carbocycles. The maximum Gasteiger partial charge on any atom is 0.419 e. The lowest BCUT2D eigenvalue weighted by Gasteiger charge is -2.11. The van der Waals surface area contributed by atoms with Gasteiger partial charge in [-0.1, -0.05) is 0 Å². The van der Waals surface area contributed by atoms with Crippen LogP contribution in [-0.2, 0) is 6.18 Å². The normalized spacial score (nSPS) is 12.0. The van der Waals surface area contributed by atoms with Crippen molar-refractivity contribution in [2.24, 2.45) is 0 Å². The van der Waals surface area contributed by atoms with Gasteiger partial charge in [0.25, 0.3) is 5.91 Å². The fraction of sp³-hybridized carbons (Fsp3) is 0.0714. The van der Waals surface area contributed by atoms with Gasteiger partial charge in [0.15, 0.2) is 5.58 Å². The van der Waals surface area contributed by atoms with E-state index < -0.39 is 23.5 Å². The highest BCUT2D eigenvalue weighted by Gasteiger charge is 2.34. The van der Waals surface area contributed by atoms with Gasteiger partial charge in [0, 0.05) is 5.69 Å². The summed E-state index contributed by atoms with van der Waals surface area (Å²) in [6, 6.07) is 5.27. The zero-order valence-corrected chi connectivity index (χ0v) is 10.8. The van der Waals surface area contributed by atoms with E-state index in [1.807, 2.05) is 0 Å². The molecule has 4 nitrogen and oxygen atoms in total. The van der Waals surface area contributed by atoms with E-state index in [2.05, 4.69) is 5.32 Å². The minimum Gasteiger partial charge on any atom is -0.454 e. The monoisotopic (exact) mass is 312 g/mol. The molecule has 0 spiro atoms. The zero-order valence-electron chi connectivity index (χ0n) is 10.8. The number of benzene rings is 2. The Balaban J connectivity index is 1.92. The number of halogens is 4. The molecule has 0 atom stereocenters. The summed E-state index contributed by atoms with van der Waals surface area (Å²) in [5.41, 5.74) is 4.71. The van der Waals surface area contributed by atoms with Crippen molar-refractivity contribution in [3.8, 4) is 0 Å². The van der Waals surface area contributed by atoms with E-state index in [0.29, 0.717) is 17.7 Å². The van der Waals surface area contributed by atoms with Crippen LogP contribution in [0.15, 0.2) is 34.7 Å². The van der Waals surface area contributed by atoms with Crippen LogP contribution in [0.5, 0.6) is 0 Å². The molecular weight excluding hydrogens is 304 g/mol. The van der Waals surface area contributed by atoms with Crippen molar-refractivity contribution in [1.82, 2.24) is 0 Å². The van der Waals surface area contributed by atoms with Gasteiger partial charge in [-0.05, 0) is 30.3 Å². The van der Waals surface area contributed by atoms with Crippen LogP contribution in [-0.4, -0.2) is 5.91 Å². The highest BCUT2D eigenvalue weighted by atomic mass is 19.4. The number of carbonyl (C=O) groups is 1. The second kappa shape index (κ2) is 4.62. The number of fused-ring (bicyclic) bond motifs is 2. The third kappa shape index (κ3) is 2.22. The van der Waals surface area contributed by atoms with Gasteiger partial charge in [-0.15, -0.1) is 0 Å². The lowest BCUT2D eigenvalue weighted by atomic mass is 10.1. The van der Waals surface area contributed by atoms with Crippen molar-refractivity contribution in [2.45, 2.75) is 6.18 Å². The van der Waals surface area contributed by atoms with Crippen LogP contribution in [0.1, 0.15) is 15.9 Å². The number of carbonyl (C=O) groups excluding carboxylic acids is 1. The van der Waals surface area contributed by atoms with Crippen molar-refractivity contribution >= 4 is 28.4 Å². The van der Waals surface area contributed by atoms with Crippen LogP contribution >= 0.6 is 0 Å². The molecule has 3 aromatic rings. The lowest BCUT2D eigenvalue weighted by Crippen LogP contribution is -2.15. The highest BCUT2D eigenvalue weighted by Crippen LogP contribution is 2.34. The van der Waals surface area contributed by atoms with E-state index >= 15 is 0 Å². The van der Waals surface area contributed by atoms with Gasteiger partial charge in [-0.3, -0.25) is 4.79 Å². The van der Waals surface area contributed by atoms with Crippen LogP contribution < -0.4 is 11.1 Å². The maximum atomic E-state index is 13.2. The molecular formula is C14H8F4N2O2. The van der Waals surface area contributed by atoms with Crippen LogP contribution in [0.4, 0.5) is 28.9 Å². The van der Waals surface area contributed by atoms with Gasteiger partial charge in [0.2, 0.25) is 0 Å². The number of hydrogen-bond donors (Lipinski definition) is 2. The quantitative estimate of drug-likeness (QED) is 0.557. The lowest BCUT2D eigenvalue weighted by molar-refractivity contribution is -0.139. The van der Waals surface area contributed by atoms with Crippen molar-refractivity contribution in [1.29, 1.82) is 0 Å². The maximum absolute atomic E-state index is 13.2. The van der Waals surface area contributed by atoms with Crippen molar-refractivity contribution in [3.63, 3.8) is 0 Å². The van der Waals surface area contributed by atoms with E-state index in [9.17, 15) is 22.4 Å². The predicted molar refractivity (Wildman–Crippen MR) is 71.2 cm³/mol. The van der Waals surface area contributed by atoms with E-state index in [-0.39, 0.29) is 22.5 Å².